The molecule has 0 bridgehead atoms. The summed E-state index contributed by atoms with van der Waals surface area (Å²) in [6, 6.07) is -0.796. The highest BCUT2D eigenvalue weighted by Crippen LogP contribution is 2.07. The van der Waals surface area contributed by atoms with Gasteiger partial charge in [0.1, 0.15) is 6.04 Å². The van der Waals surface area contributed by atoms with Crippen molar-refractivity contribution in [1.29, 1.82) is 0 Å². The molecule has 0 aromatic rings. The highest BCUT2D eigenvalue weighted by atomic mass is 32.2. The van der Waals surface area contributed by atoms with Crippen molar-refractivity contribution >= 4 is 23.6 Å². The van der Waals surface area contributed by atoms with E-state index < -0.39 is 17.6 Å². The molecule has 0 unspecified atom stereocenters. The molecule has 0 radical (unpaired) electrons. The van der Waals surface area contributed by atoms with Crippen molar-refractivity contribution < 1.29 is 14.7 Å². The topological polar surface area (TPSA) is 92.4 Å². The van der Waals surface area contributed by atoms with Gasteiger partial charge in [0.05, 0.1) is 0 Å². The highest BCUT2D eigenvalue weighted by Gasteiger charge is 2.20. The normalized spacial score (nSPS) is 13.2. The van der Waals surface area contributed by atoms with E-state index in [-0.39, 0.29) is 12.3 Å². The van der Waals surface area contributed by atoms with Crippen molar-refractivity contribution in [3.05, 3.63) is 0 Å². The molecule has 100 valence electrons. The van der Waals surface area contributed by atoms with E-state index in [2.05, 4.69) is 5.32 Å². The number of nitrogens with one attached hydrogen (secondary N) is 1. The maximum absolute atomic E-state index is 11.5. The number of rotatable bonds is 8. The van der Waals surface area contributed by atoms with Gasteiger partial charge in [0.15, 0.2) is 0 Å². The van der Waals surface area contributed by atoms with Gasteiger partial charge in [-0.3, -0.25) is 4.79 Å². The van der Waals surface area contributed by atoms with Crippen LogP contribution < -0.4 is 11.1 Å². The van der Waals surface area contributed by atoms with Gasteiger partial charge in [-0.15, -0.1) is 0 Å². The molecule has 0 fully saturated rings. The lowest BCUT2D eigenvalue weighted by atomic mass is 10.00. The molecule has 0 saturated heterocycles. The Morgan fingerprint density at radius 1 is 1.47 bits per heavy atom. The number of hydrogen-bond donors (Lipinski definition) is 3. The van der Waals surface area contributed by atoms with Crippen molar-refractivity contribution in [1.82, 2.24) is 5.32 Å². The summed E-state index contributed by atoms with van der Waals surface area (Å²) in [7, 11) is 0. The summed E-state index contributed by atoms with van der Waals surface area (Å²) < 4.78 is 0. The number of carboxylic acids is 1. The van der Waals surface area contributed by atoms with Crippen LogP contribution in [0.4, 0.5) is 0 Å². The molecule has 0 aromatic heterocycles. The minimum Gasteiger partial charge on any atom is -0.480 e. The van der Waals surface area contributed by atoms with Crippen LogP contribution in [-0.2, 0) is 9.59 Å². The van der Waals surface area contributed by atoms with E-state index in [0.717, 1.165) is 0 Å². The summed E-state index contributed by atoms with van der Waals surface area (Å²) in [6.07, 6.45) is 3.13. The van der Waals surface area contributed by atoms with Crippen LogP contribution in [0.2, 0.25) is 0 Å². The second kappa shape index (κ2) is 7.55. The fraction of sp³-hybridized carbons (Fsp3) is 0.818. The standard InChI is InChI=1S/C11H22N2O3S/c1-11(2,12)6-4-9(14)13-8(10(15)16)5-7-17-3/h8H,4-7,12H2,1-3H3,(H,13,14)(H,15,16)/t8-/m1/s1. The Morgan fingerprint density at radius 2 is 2.06 bits per heavy atom. The van der Waals surface area contributed by atoms with Gasteiger partial charge >= 0.3 is 5.97 Å². The van der Waals surface area contributed by atoms with Crippen molar-refractivity contribution in [3.8, 4) is 0 Å². The lowest BCUT2D eigenvalue weighted by Gasteiger charge is -2.19. The molecule has 6 heteroatoms. The van der Waals surface area contributed by atoms with Crippen LogP contribution in [0.15, 0.2) is 0 Å². The number of carboxylic acid groups (broad SMARTS) is 1. The highest BCUT2D eigenvalue weighted by molar-refractivity contribution is 7.98. The molecule has 0 rings (SSSR count). The molecule has 0 saturated carbocycles. The Kier molecular flexibility index (Phi) is 7.22. The molecule has 4 N–H and O–H groups in total. The van der Waals surface area contributed by atoms with Gasteiger partial charge in [-0.25, -0.2) is 4.79 Å². The number of nitrogens with two attached hydrogens (primary N) is 1. The average Bonchev–Trinajstić information content (AvgIpc) is 2.19. The summed E-state index contributed by atoms with van der Waals surface area (Å²) in [5.74, 6) is -0.531. The van der Waals surface area contributed by atoms with Gasteiger partial charge in [0.25, 0.3) is 0 Å². The Labute approximate surface area is 107 Å². The van der Waals surface area contributed by atoms with Crippen LogP contribution in [0.3, 0.4) is 0 Å². The molecule has 1 amide bonds. The summed E-state index contributed by atoms with van der Waals surface area (Å²) in [4.78, 5) is 22.4. The Balaban J connectivity index is 4.08. The second-order valence-electron chi connectivity index (χ2n) is 4.73. The first-order valence-corrected chi connectivity index (χ1v) is 6.95. The number of carbonyl (C=O) groups is 2. The molecule has 1 atom stereocenters. The quantitative estimate of drug-likeness (QED) is 0.602. The van der Waals surface area contributed by atoms with Crippen LogP contribution in [0.5, 0.6) is 0 Å². The number of hydrogen-bond acceptors (Lipinski definition) is 4. The average molecular weight is 262 g/mol. The van der Waals surface area contributed by atoms with Gasteiger partial charge in [-0.05, 0) is 38.7 Å². The Bertz CT molecular complexity index is 264. The van der Waals surface area contributed by atoms with Crippen LogP contribution in [0, 0.1) is 0 Å². The van der Waals surface area contributed by atoms with Crippen LogP contribution >= 0.6 is 11.8 Å². The van der Waals surface area contributed by atoms with E-state index >= 15 is 0 Å². The fourth-order valence-corrected chi connectivity index (χ4v) is 1.67. The monoisotopic (exact) mass is 262 g/mol. The number of aliphatic carboxylic acids is 1. The summed E-state index contributed by atoms with van der Waals surface area (Å²) in [5.41, 5.74) is 5.35. The van der Waals surface area contributed by atoms with Crippen LogP contribution in [0.25, 0.3) is 0 Å². The molecule has 17 heavy (non-hydrogen) atoms. The van der Waals surface area contributed by atoms with E-state index in [1.165, 1.54) is 0 Å². The molecule has 0 aromatic carbocycles. The molecule has 0 aliphatic carbocycles. The predicted octanol–water partition coefficient (Wildman–Crippen LogP) is 0.826. The summed E-state index contributed by atoms with van der Waals surface area (Å²) >= 11 is 1.56. The third-order valence-electron chi connectivity index (χ3n) is 2.24. The van der Waals surface area contributed by atoms with Crippen molar-refractivity contribution in [3.63, 3.8) is 0 Å². The fourth-order valence-electron chi connectivity index (χ4n) is 1.20. The molecule has 0 heterocycles. The molecule has 0 aliphatic rings. The SMILES string of the molecule is CSCC[C@@H](NC(=O)CCC(C)(C)N)C(=O)O. The van der Waals surface area contributed by atoms with Crippen molar-refractivity contribution in [2.75, 3.05) is 12.0 Å². The Morgan fingerprint density at radius 3 is 2.47 bits per heavy atom. The number of amides is 1. The molecular formula is C11H22N2O3S. The molecule has 5 nitrogen and oxygen atoms in total. The summed E-state index contributed by atoms with van der Waals surface area (Å²) in [6.45, 7) is 3.67. The maximum Gasteiger partial charge on any atom is 0.326 e. The number of carbonyl (C=O) groups excluding carboxylic acids is 1. The zero-order valence-corrected chi connectivity index (χ0v) is 11.5. The van der Waals surface area contributed by atoms with E-state index in [4.69, 9.17) is 10.8 Å². The minimum atomic E-state index is -0.987. The maximum atomic E-state index is 11.5. The van der Waals surface area contributed by atoms with Gasteiger partial charge in [0.2, 0.25) is 5.91 Å². The van der Waals surface area contributed by atoms with Gasteiger partial charge in [-0.1, -0.05) is 0 Å². The van der Waals surface area contributed by atoms with Gasteiger partial charge < -0.3 is 16.2 Å². The van der Waals surface area contributed by atoms with Gasteiger partial charge in [-0.2, -0.15) is 11.8 Å². The first-order chi connectivity index (χ1) is 7.76. The van der Waals surface area contributed by atoms with E-state index in [1.54, 1.807) is 11.8 Å². The lowest BCUT2D eigenvalue weighted by molar-refractivity contribution is -0.141. The molecule has 0 aliphatic heterocycles. The largest absolute Gasteiger partial charge is 0.480 e. The zero-order chi connectivity index (χ0) is 13.5. The zero-order valence-electron chi connectivity index (χ0n) is 10.7. The third kappa shape index (κ3) is 9.00. The predicted molar refractivity (Wildman–Crippen MR) is 70.1 cm³/mol. The van der Waals surface area contributed by atoms with Crippen molar-refractivity contribution in [2.24, 2.45) is 5.73 Å². The van der Waals surface area contributed by atoms with Crippen molar-refractivity contribution in [2.45, 2.75) is 44.7 Å². The first kappa shape index (κ1) is 16.2. The first-order valence-electron chi connectivity index (χ1n) is 5.56. The second-order valence-corrected chi connectivity index (χ2v) is 5.71. The lowest BCUT2D eigenvalue weighted by Crippen LogP contribution is -2.42. The van der Waals surface area contributed by atoms with E-state index in [9.17, 15) is 9.59 Å². The Hall–Kier alpha value is -0.750. The molecule has 0 spiro atoms. The van der Waals surface area contributed by atoms with E-state index in [0.29, 0.717) is 18.6 Å². The van der Waals surface area contributed by atoms with Gasteiger partial charge in [0, 0.05) is 12.0 Å². The minimum absolute atomic E-state index is 0.253. The smallest absolute Gasteiger partial charge is 0.326 e. The molecular weight excluding hydrogens is 240 g/mol. The van der Waals surface area contributed by atoms with Crippen LogP contribution in [0.1, 0.15) is 33.1 Å². The van der Waals surface area contributed by atoms with Crippen LogP contribution in [-0.4, -0.2) is 40.6 Å². The third-order valence-corrected chi connectivity index (χ3v) is 2.88. The summed E-state index contributed by atoms with van der Waals surface area (Å²) in [5, 5.41) is 11.4. The number of thioether (sulfide) groups is 1. The van der Waals surface area contributed by atoms with E-state index in [1.807, 2.05) is 20.1 Å².